The molecule has 0 atom stereocenters. The normalized spacial score (nSPS) is 18.8. The summed E-state index contributed by atoms with van der Waals surface area (Å²) < 4.78 is 11.0. The lowest BCUT2D eigenvalue weighted by atomic mass is 9.79. The van der Waals surface area contributed by atoms with Crippen molar-refractivity contribution in [2.45, 2.75) is 71.0 Å². The van der Waals surface area contributed by atoms with Crippen molar-refractivity contribution in [1.29, 1.82) is 0 Å². The Bertz CT molecular complexity index is 914. The molecule has 1 aliphatic heterocycles. The first-order valence-corrected chi connectivity index (χ1v) is 9.89. The first-order chi connectivity index (χ1) is 13.1. The Morgan fingerprint density at radius 1 is 1.21 bits per heavy atom. The van der Waals surface area contributed by atoms with Gasteiger partial charge in [0.05, 0.1) is 6.61 Å². The summed E-state index contributed by atoms with van der Waals surface area (Å²) in [6.45, 7) is 11.1. The van der Waals surface area contributed by atoms with E-state index in [0.717, 1.165) is 19.3 Å². The molecule has 6 nitrogen and oxygen atoms in total. The number of rotatable bonds is 5. The van der Waals surface area contributed by atoms with E-state index >= 15 is 0 Å². The van der Waals surface area contributed by atoms with Crippen LogP contribution in [0.25, 0.3) is 11.0 Å². The highest BCUT2D eigenvalue weighted by Gasteiger charge is 2.38. The molecule has 0 aliphatic carbocycles. The quantitative estimate of drug-likeness (QED) is 0.767. The zero-order valence-corrected chi connectivity index (χ0v) is 17.3. The highest BCUT2D eigenvalue weighted by molar-refractivity contribution is 5.96. The average Bonchev–Trinajstić information content (AvgIpc) is 2.56. The number of amides is 1. The Balaban J connectivity index is 1.81. The monoisotopic (exact) mass is 386 g/mol. The van der Waals surface area contributed by atoms with Crippen molar-refractivity contribution < 1.29 is 13.9 Å². The van der Waals surface area contributed by atoms with Crippen LogP contribution in [0.2, 0.25) is 0 Å². The molecular weight excluding hydrogens is 356 g/mol. The van der Waals surface area contributed by atoms with Crippen molar-refractivity contribution in [2.24, 2.45) is 0 Å². The molecule has 1 aromatic carbocycles. The molecule has 2 N–H and O–H groups in total. The molecule has 2 aromatic rings. The van der Waals surface area contributed by atoms with Gasteiger partial charge in [0.25, 0.3) is 5.91 Å². The third-order valence-electron chi connectivity index (χ3n) is 4.95. The predicted molar refractivity (Wildman–Crippen MR) is 110 cm³/mol. The summed E-state index contributed by atoms with van der Waals surface area (Å²) in [5.41, 5.74) is -0.376. The van der Waals surface area contributed by atoms with Crippen molar-refractivity contribution in [1.82, 2.24) is 10.6 Å². The van der Waals surface area contributed by atoms with E-state index in [0.29, 0.717) is 23.3 Å². The Hall–Kier alpha value is -2.34. The van der Waals surface area contributed by atoms with Crippen molar-refractivity contribution in [3.63, 3.8) is 0 Å². The molecule has 0 bridgehead atoms. The fraction of sp³-hybridized carbons (Fsp3) is 0.545. The second-order valence-electron chi connectivity index (χ2n) is 8.97. The Morgan fingerprint density at radius 3 is 2.54 bits per heavy atom. The summed E-state index contributed by atoms with van der Waals surface area (Å²) in [5.74, 6) is 0.259. The molecule has 0 radical (unpaired) electrons. The summed E-state index contributed by atoms with van der Waals surface area (Å²) in [7, 11) is 0. The maximum atomic E-state index is 12.8. The smallest absolute Gasteiger partial charge is 0.349 e. The zero-order valence-electron chi connectivity index (χ0n) is 17.3. The standard InChI is InChI=1S/C22H30N2O4/c1-6-9-27-16-8-7-14-10-17(20(26)28-18(14)11-16)19(25)23-15-12-21(2,3)24-22(4,5)13-15/h7-8,10-11,15,24H,6,9,12-13H2,1-5H3,(H,23,25). The number of carbonyl (C=O) groups excluding carboxylic acids is 1. The van der Waals surface area contributed by atoms with Crippen LogP contribution in [-0.2, 0) is 0 Å². The molecule has 0 spiro atoms. The number of hydrogen-bond acceptors (Lipinski definition) is 5. The third-order valence-corrected chi connectivity index (χ3v) is 4.95. The van der Waals surface area contributed by atoms with Gasteiger partial charge in [-0.1, -0.05) is 6.92 Å². The van der Waals surface area contributed by atoms with Gasteiger partial charge in [0.15, 0.2) is 0 Å². The van der Waals surface area contributed by atoms with Gasteiger partial charge in [0, 0.05) is 28.6 Å². The van der Waals surface area contributed by atoms with Gasteiger partial charge < -0.3 is 19.8 Å². The van der Waals surface area contributed by atoms with Crippen LogP contribution < -0.4 is 21.0 Å². The Labute approximate surface area is 165 Å². The van der Waals surface area contributed by atoms with Crippen LogP contribution in [0.3, 0.4) is 0 Å². The number of ether oxygens (including phenoxy) is 1. The lowest BCUT2D eigenvalue weighted by Crippen LogP contribution is -2.62. The van der Waals surface area contributed by atoms with E-state index in [1.54, 1.807) is 18.2 Å². The Morgan fingerprint density at radius 2 is 1.89 bits per heavy atom. The minimum Gasteiger partial charge on any atom is -0.493 e. The number of benzene rings is 1. The molecular formula is C22H30N2O4. The van der Waals surface area contributed by atoms with Crippen LogP contribution in [0.5, 0.6) is 5.75 Å². The molecule has 152 valence electrons. The van der Waals surface area contributed by atoms with Crippen molar-refractivity contribution >= 4 is 16.9 Å². The van der Waals surface area contributed by atoms with E-state index in [1.165, 1.54) is 0 Å². The average molecular weight is 386 g/mol. The molecule has 1 aromatic heterocycles. The van der Waals surface area contributed by atoms with Crippen LogP contribution in [0.15, 0.2) is 33.5 Å². The summed E-state index contributed by atoms with van der Waals surface area (Å²) in [4.78, 5) is 25.2. The first kappa shape index (κ1) is 20.4. The van der Waals surface area contributed by atoms with Gasteiger partial charge >= 0.3 is 5.63 Å². The molecule has 3 rings (SSSR count). The second-order valence-corrected chi connectivity index (χ2v) is 8.97. The topological polar surface area (TPSA) is 80.6 Å². The fourth-order valence-corrected chi connectivity index (χ4v) is 4.25. The van der Waals surface area contributed by atoms with Crippen LogP contribution in [0.4, 0.5) is 0 Å². The van der Waals surface area contributed by atoms with Crippen LogP contribution in [0, 0.1) is 0 Å². The third kappa shape index (κ3) is 4.73. The summed E-state index contributed by atoms with van der Waals surface area (Å²) >= 11 is 0. The lowest BCUT2D eigenvalue weighted by molar-refractivity contribution is 0.0870. The number of nitrogens with one attached hydrogen (secondary N) is 2. The van der Waals surface area contributed by atoms with Gasteiger partial charge in [-0.15, -0.1) is 0 Å². The summed E-state index contributed by atoms with van der Waals surface area (Å²) in [5, 5.41) is 7.31. The van der Waals surface area contributed by atoms with Crippen molar-refractivity contribution in [3.8, 4) is 5.75 Å². The maximum Gasteiger partial charge on any atom is 0.349 e. The lowest BCUT2D eigenvalue weighted by Gasteiger charge is -2.46. The van der Waals surface area contributed by atoms with Crippen LogP contribution >= 0.6 is 0 Å². The van der Waals surface area contributed by atoms with Gasteiger partial charge in [-0.3, -0.25) is 4.79 Å². The second kappa shape index (κ2) is 7.59. The van der Waals surface area contributed by atoms with Gasteiger partial charge in [-0.25, -0.2) is 4.79 Å². The highest BCUT2D eigenvalue weighted by Crippen LogP contribution is 2.28. The van der Waals surface area contributed by atoms with Gasteiger partial charge in [0.1, 0.15) is 16.9 Å². The largest absolute Gasteiger partial charge is 0.493 e. The van der Waals surface area contributed by atoms with Crippen LogP contribution in [-0.4, -0.2) is 29.6 Å². The molecule has 6 heteroatoms. The minimum atomic E-state index is -0.634. The molecule has 1 aliphatic rings. The van der Waals surface area contributed by atoms with Gasteiger partial charge in [-0.05, 0) is 65.2 Å². The molecule has 0 unspecified atom stereocenters. The number of fused-ring (bicyclic) bond motifs is 1. The van der Waals surface area contributed by atoms with Crippen molar-refractivity contribution in [2.75, 3.05) is 6.61 Å². The summed E-state index contributed by atoms with van der Waals surface area (Å²) in [6, 6.07) is 6.89. The van der Waals surface area contributed by atoms with Gasteiger partial charge in [0.2, 0.25) is 0 Å². The molecule has 1 saturated heterocycles. The Kier molecular flexibility index (Phi) is 5.53. The maximum absolute atomic E-state index is 12.8. The minimum absolute atomic E-state index is 0.0151. The molecule has 28 heavy (non-hydrogen) atoms. The van der Waals surface area contributed by atoms with Crippen molar-refractivity contribution in [3.05, 3.63) is 40.2 Å². The fourth-order valence-electron chi connectivity index (χ4n) is 4.25. The van der Waals surface area contributed by atoms with Gasteiger partial charge in [-0.2, -0.15) is 0 Å². The zero-order chi connectivity index (χ0) is 20.5. The molecule has 1 amide bonds. The highest BCUT2D eigenvalue weighted by atomic mass is 16.5. The van der Waals surface area contributed by atoms with E-state index in [2.05, 4.69) is 38.3 Å². The molecule has 1 fully saturated rings. The number of carbonyl (C=O) groups is 1. The van der Waals surface area contributed by atoms with E-state index < -0.39 is 5.63 Å². The molecule has 0 saturated carbocycles. The SMILES string of the molecule is CCCOc1ccc2cc(C(=O)NC3CC(C)(C)NC(C)(C)C3)c(=O)oc2c1. The van der Waals surface area contributed by atoms with E-state index in [9.17, 15) is 9.59 Å². The number of hydrogen-bond donors (Lipinski definition) is 2. The van der Waals surface area contributed by atoms with E-state index in [4.69, 9.17) is 9.15 Å². The number of piperidine rings is 1. The summed E-state index contributed by atoms with van der Waals surface area (Å²) in [6.07, 6.45) is 2.48. The molecule has 2 heterocycles. The van der Waals surface area contributed by atoms with Crippen LogP contribution in [0.1, 0.15) is 64.2 Å². The van der Waals surface area contributed by atoms with E-state index in [-0.39, 0.29) is 28.6 Å². The van der Waals surface area contributed by atoms with E-state index in [1.807, 2.05) is 13.0 Å². The first-order valence-electron chi connectivity index (χ1n) is 9.89. The predicted octanol–water partition coefficient (Wildman–Crippen LogP) is 3.62.